The van der Waals surface area contributed by atoms with Crippen molar-refractivity contribution in [1.82, 2.24) is 5.32 Å². The first-order valence-corrected chi connectivity index (χ1v) is 6.92. The molecule has 98 valence electrons. The van der Waals surface area contributed by atoms with Gasteiger partial charge < -0.3 is 5.32 Å². The van der Waals surface area contributed by atoms with E-state index in [9.17, 15) is 4.79 Å². The molecule has 2 rings (SSSR count). The van der Waals surface area contributed by atoms with Crippen molar-refractivity contribution in [2.45, 2.75) is 52.0 Å². The van der Waals surface area contributed by atoms with Crippen molar-refractivity contribution in [3.05, 3.63) is 34.9 Å². The Morgan fingerprint density at radius 3 is 2.67 bits per heavy atom. The Morgan fingerprint density at radius 2 is 2.11 bits per heavy atom. The van der Waals surface area contributed by atoms with E-state index in [0.29, 0.717) is 12.2 Å². The molecule has 1 aromatic carbocycles. The zero-order valence-corrected chi connectivity index (χ0v) is 11.7. The van der Waals surface area contributed by atoms with Crippen molar-refractivity contribution < 1.29 is 4.79 Å². The lowest BCUT2D eigenvalue weighted by Crippen LogP contribution is -2.47. The van der Waals surface area contributed by atoms with Crippen LogP contribution in [0.25, 0.3) is 0 Å². The molecule has 0 amide bonds. The lowest BCUT2D eigenvalue weighted by Gasteiger charge is -2.26. The standard InChI is InChI=1S/C16H23NO/c1-4-16(8-5-9-17-16)15(18)11-14-7-6-12(2)13(3)10-14/h6-7,10,17H,4-5,8-9,11H2,1-3H3. The zero-order valence-electron chi connectivity index (χ0n) is 11.7. The Balaban J connectivity index is 2.13. The summed E-state index contributed by atoms with van der Waals surface area (Å²) in [4.78, 5) is 12.5. The van der Waals surface area contributed by atoms with Gasteiger partial charge in [-0.2, -0.15) is 0 Å². The van der Waals surface area contributed by atoms with E-state index in [1.807, 2.05) is 0 Å². The van der Waals surface area contributed by atoms with Crippen LogP contribution in [0.3, 0.4) is 0 Å². The zero-order chi connectivity index (χ0) is 13.2. The number of Topliss-reactive ketones (excluding diaryl/α,β-unsaturated/α-hetero) is 1. The first-order chi connectivity index (χ1) is 8.57. The van der Waals surface area contributed by atoms with Crippen LogP contribution in [-0.2, 0) is 11.2 Å². The van der Waals surface area contributed by atoms with Gasteiger partial charge in [0.2, 0.25) is 0 Å². The number of carbonyl (C=O) groups is 1. The molecule has 1 N–H and O–H groups in total. The van der Waals surface area contributed by atoms with E-state index in [-0.39, 0.29) is 5.54 Å². The monoisotopic (exact) mass is 245 g/mol. The van der Waals surface area contributed by atoms with Gasteiger partial charge in [-0.15, -0.1) is 0 Å². The van der Waals surface area contributed by atoms with Gasteiger partial charge in [-0.05, 0) is 56.3 Å². The molecule has 1 saturated heterocycles. The molecule has 1 aliphatic heterocycles. The minimum Gasteiger partial charge on any atom is -0.305 e. The van der Waals surface area contributed by atoms with Crippen molar-refractivity contribution in [2.75, 3.05) is 6.54 Å². The number of benzene rings is 1. The third-order valence-corrected chi connectivity index (χ3v) is 4.32. The highest BCUT2D eigenvalue weighted by Gasteiger charge is 2.38. The summed E-state index contributed by atoms with van der Waals surface area (Å²) in [6.45, 7) is 7.29. The second-order valence-corrected chi connectivity index (χ2v) is 5.48. The molecule has 0 bridgehead atoms. The normalized spacial score (nSPS) is 23.3. The van der Waals surface area contributed by atoms with E-state index in [1.165, 1.54) is 11.1 Å². The molecule has 1 heterocycles. The fourth-order valence-electron chi connectivity index (χ4n) is 2.81. The van der Waals surface area contributed by atoms with E-state index < -0.39 is 0 Å². The van der Waals surface area contributed by atoms with E-state index in [0.717, 1.165) is 31.4 Å². The van der Waals surface area contributed by atoms with E-state index in [1.54, 1.807) is 0 Å². The highest BCUT2D eigenvalue weighted by Crippen LogP contribution is 2.25. The molecule has 1 aliphatic rings. The molecule has 2 nitrogen and oxygen atoms in total. The smallest absolute Gasteiger partial charge is 0.157 e. The Bertz CT molecular complexity index is 444. The molecule has 0 aliphatic carbocycles. The molecule has 1 aromatic rings. The van der Waals surface area contributed by atoms with Crippen LogP contribution in [0.1, 0.15) is 42.9 Å². The number of ketones is 1. The molecular weight excluding hydrogens is 222 g/mol. The topological polar surface area (TPSA) is 29.1 Å². The molecule has 1 atom stereocenters. The lowest BCUT2D eigenvalue weighted by molar-refractivity contribution is -0.124. The quantitative estimate of drug-likeness (QED) is 0.883. The number of aryl methyl sites for hydroxylation is 2. The fourth-order valence-corrected chi connectivity index (χ4v) is 2.81. The van der Waals surface area contributed by atoms with Gasteiger partial charge in [0.25, 0.3) is 0 Å². The molecule has 1 unspecified atom stereocenters. The highest BCUT2D eigenvalue weighted by molar-refractivity contribution is 5.90. The van der Waals surface area contributed by atoms with Crippen molar-refractivity contribution >= 4 is 5.78 Å². The molecular formula is C16H23NO. The predicted octanol–water partition coefficient (Wildman–Crippen LogP) is 2.95. The Morgan fingerprint density at radius 1 is 1.33 bits per heavy atom. The Hall–Kier alpha value is -1.15. The van der Waals surface area contributed by atoms with Crippen LogP contribution < -0.4 is 5.32 Å². The molecule has 18 heavy (non-hydrogen) atoms. The third kappa shape index (κ3) is 2.49. The van der Waals surface area contributed by atoms with Gasteiger partial charge in [0.1, 0.15) is 0 Å². The maximum atomic E-state index is 12.5. The highest BCUT2D eigenvalue weighted by atomic mass is 16.1. The van der Waals surface area contributed by atoms with Crippen LogP contribution in [-0.4, -0.2) is 17.9 Å². The van der Waals surface area contributed by atoms with E-state index >= 15 is 0 Å². The minimum atomic E-state index is -0.251. The van der Waals surface area contributed by atoms with Crippen LogP contribution in [0, 0.1) is 13.8 Å². The average molecular weight is 245 g/mol. The molecule has 0 radical (unpaired) electrons. The van der Waals surface area contributed by atoms with Crippen LogP contribution in [0.5, 0.6) is 0 Å². The lowest BCUT2D eigenvalue weighted by atomic mass is 9.85. The third-order valence-electron chi connectivity index (χ3n) is 4.32. The van der Waals surface area contributed by atoms with Crippen molar-refractivity contribution in [2.24, 2.45) is 0 Å². The number of carbonyl (C=O) groups excluding carboxylic acids is 1. The summed E-state index contributed by atoms with van der Waals surface area (Å²) >= 11 is 0. The minimum absolute atomic E-state index is 0.251. The number of rotatable bonds is 4. The Labute approximate surface area is 110 Å². The summed E-state index contributed by atoms with van der Waals surface area (Å²) in [5.74, 6) is 0.353. The number of hydrogen-bond donors (Lipinski definition) is 1. The van der Waals surface area contributed by atoms with Gasteiger partial charge in [-0.25, -0.2) is 0 Å². The predicted molar refractivity (Wildman–Crippen MR) is 74.9 cm³/mol. The van der Waals surface area contributed by atoms with Crippen LogP contribution in [0.15, 0.2) is 18.2 Å². The van der Waals surface area contributed by atoms with Gasteiger partial charge in [0.05, 0.1) is 5.54 Å². The summed E-state index contributed by atoms with van der Waals surface area (Å²) in [6, 6.07) is 6.34. The van der Waals surface area contributed by atoms with Gasteiger partial charge in [-0.1, -0.05) is 25.1 Å². The maximum absolute atomic E-state index is 12.5. The first kappa shape index (κ1) is 13.3. The van der Waals surface area contributed by atoms with Gasteiger partial charge in [-0.3, -0.25) is 4.79 Å². The van der Waals surface area contributed by atoms with Crippen molar-refractivity contribution in [3.8, 4) is 0 Å². The maximum Gasteiger partial charge on any atom is 0.157 e. The summed E-state index contributed by atoms with van der Waals surface area (Å²) in [7, 11) is 0. The van der Waals surface area contributed by atoms with Crippen LogP contribution >= 0.6 is 0 Å². The molecule has 2 heteroatoms. The SMILES string of the molecule is CCC1(C(=O)Cc2ccc(C)c(C)c2)CCCN1. The number of nitrogens with one attached hydrogen (secondary N) is 1. The van der Waals surface area contributed by atoms with E-state index in [4.69, 9.17) is 0 Å². The summed E-state index contributed by atoms with van der Waals surface area (Å²) in [6.07, 6.45) is 3.57. The van der Waals surface area contributed by atoms with Crippen molar-refractivity contribution in [3.63, 3.8) is 0 Å². The first-order valence-electron chi connectivity index (χ1n) is 6.92. The number of hydrogen-bond acceptors (Lipinski definition) is 2. The fraction of sp³-hybridized carbons (Fsp3) is 0.562. The summed E-state index contributed by atoms with van der Waals surface area (Å²) < 4.78 is 0. The van der Waals surface area contributed by atoms with E-state index in [2.05, 4.69) is 44.3 Å². The molecule has 0 aromatic heterocycles. The summed E-state index contributed by atoms with van der Waals surface area (Å²) in [5, 5.41) is 3.42. The second-order valence-electron chi connectivity index (χ2n) is 5.48. The summed E-state index contributed by atoms with van der Waals surface area (Å²) in [5.41, 5.74) is 3.45. The van der Waals surface area contributed by atoms with Crippen LogP contribution in [0.4, 0.5) is 0 Å². The molecule has 0 saturated carbocycles. The Kier molecular flexibility index (Phi) is 3.86. The largest absolute Gasteiger partial charge is 0.305 e. The van der Waals surface area contributed by atoms with Gasteiger partial charge in [0.15, 0.2) is 5.78 Å². The van der Waals surface area contributed by atoms with Crippen LogP contribution in [0.2, 0.25) is 0 Å². The second kappa shape index (κ2) is 5.23. The average Bonchev–Trinajstić information content (AvgIpc) is 2.84. The van der Waals surface area contributed by atoms with Gasteiger partial charge in [0, 0.05) is 6.42 Å². The van der Waals surface area contributed by atoms with Gasteiger partial charge >= 0.3 is 0 Å². The molecule has 1 fully saturated rings. The van der Waals surface area contributed by atoms with Crippen molar-refractivity contribution in [1.29, 1.82) is 0 Å². The molecule has 0 spiro atoms.